The van der Waals surface area contributed by atoms with Gasteiger partial charge < -0.3 is 0 Å². The molecular weight excluding hydrogens is 570 g/mol. The quantitative estimate of drug-likeness (QED) is 0.188. The van der Waals surface area contributed by atoms with Crippen molar-refractivity contribution in [3.63, 3.8) is 0 Å². The number of nitro benzene ring substituents is 1. The van der Waals surface area contributed by atoms with Crippen LogP contribution >= 0.6 is 92.8 Å². The average Bonchev–Trinajstić information content (AvgIpc) is 2.70. The van der Waals surface area contributed by atoms with Gasteiger partial charge in [0, 0.05) is 17.2 Å². The van der Waals surface area contributed by atoms with Crippen LogP contribution in [0.2, 0.25) is 5.02 Å². The van der Waals surface area contributed by atoms with Crippen molar-refractivity contribution in [2.45, 2.75) is 46.1 Å². The number of hydrogen-bond acceptors (Lipinski definition) is 2. The van der Waals surface area contributed by atoms with E-state index in [0.717, 1.165) is 5.02 Å². The van der Waals surface area contributed by atoms with Gasteiger partial charge in [-0.3, -0.25) is 10.1 Å². The number of hydrogen-bond donors (Lipinski definition) is 0. The Kier molecular flexibility index (Phi) is 23.6. The maximum Gasteiger partial charge on any atom is 0.269 e. The second-order valence-electron chi connectivity index (χ2n) is 5.69. The van der Waals surface area contributed by atoms with Crippen LogP contribution in [0.15, 0.2) is 60.7 Å². The summed E-state index contributed by atoms with van der Waals surface area (Å²) in [5, 5.41) is 10.8. The molecule has 0 unspecified atom stereocenters. The summed E-state index contributed by atoms with van der Waals surface area (Å²) in [7, 11) is 0. The smallest absolute Gasteiger partial charge is 0.258 e. The second kappa shape index (κ2) is 22.0. The van der Waals surface area contributed by atoms with E-state index < -0.39 is 12.5 Å². The third kappa shape index (κ3) is 34.9. The number of benzene rings is 2. The van der Waals surface area contributed by atoms with Gasteiger partial charge in [-0.1, -0.05) is 168 Å². The van der Waals surface area contributed by atoms with Crippen LogP contribution in [0.4, 0.5) is 5.69 Å². The monoisotopic (exact) mass is 589 g/mol. The molecule has 0 saturated heterocycles. The van der Waals surface area contributed by atoms with E-state index in [2.05, 4.69) is 0 Å². The molecule has 1 saturated carbocycles. The molecule has 0 aromatic heterocycles. The van der Waals surface area contributed by atoms with Crippen molar-refractivity contribution in [2.75, 3.05) is 0 Å². The summed E-state index contributed by atoms with van der Waals surface area (Å²) in [6.07, 6.45) is 9.00. The van der Waals surface area contributed by atoms with Crippen molar-refractivity contribution in [1.29, 1.82) is 0 Å². The van der Waals surface area contributed by atoms with E-state index in [-0.39, 0.29) is 5.69 Å². The van der Waals surface area contributed by atoms with Gasteiger partial charge in [0.1, 0.15) is 0 Å². The molecule has 3 nitrogen and oxygen atoms in total. The minimum Gasteiger partial charge on any atom is -0.258 e. The fraction of sp³-hybridized carbons (Fsp3) is 0.400. The summed E-state index contributed by atoms with van der Waals surface area (Å²) in [5.74, 6) is 0. The lowest BCUT2D eigenvalue weighted by Gasteiger charge is -2.05. The summed E-state index contributed by atoms with van der Waals surface area (Å²) in [4.78, 5) is 9.59. The number of alkyl halides is 7. The SMILES string of the molecule is C1CCCCC1.ClC(Cl)(Cl)Cl.ClC(Cl)Cl.Clc1ccccc1.O=[N+]([O-])c1ccccc1. The lowest BCUT2D eigenvalue weighted by atomic mass is 10.0. The van der Waals surface area contributed by atoms with E-state index in [4.69, 9.17) is 92.8 Å². The van der Waals surface area contributed by atoms with Crippen molar-refractivity contribution < 1.29 is 4.92 Å². The lowest BCUT2D eigenvalue weighted by Crippen LogP contribution is -1.85. The molecule has 0 aliphatic heterocycles. The first kappa shape index (κ1) is 33.3. The Morgan fingerprint density at radius 2 is 0.968 bits per heavy atom. The fourth-order valence-corrected chi connectivity index (χ4v) is 2.17. The minimum absolute atomic E-state index is 0.137. The van der Waals surface area contributed by atoms with Crippen LogP contribution in [0.1, 0.15) is 38.5 Å². The number of nitrogens with zero attached hydrogens (tertiary/aromatic N) is 1. The van der Waals surface area contributed by atoms with Gasteiger partial charge in [0.25, 0.3) is 8.94 Å². The second-order valence-corrected chi connectivity index (χ2v) is 11.5. The normalized spacial score (nSPS) is 12.3. The average molecular weight is 593 g/mol. The van der Waals surface area contributed by atoms with Crippen LogP contribution in [0.25, 0.3) is 0 Å². The van der Waals surface area contributed by atoms with E-state index in [1.165, 1.54) is 50.7 Å². The molecule has 1 aliphatic carbocycles. The largest absolute Gasteiger partial charge is 0.269 e. The number of nitro groups is 1. The zero-order valence-corrected chi connectivity index (χ0v) is 22.4. The van der Waals surface area contributed by atoms with Gasteiger partial charge in [-0.15, -0.1) is 0 Å². The van der Waals surface area contributed by atoms with Gasteiger partial charge in [-0.25, -0.2) is 0 Å². The lowest BCUT2D eigenvalue weighted by molar-refractivity contribution is -0.384. The first-order valence-electron chi connectivity index (χ1n) is 9.01. The number of non-ortho nitro benzene ring substituents is 1. The molecule has 0 spiro atoms. The van der Waals surface area contributed by atoms with E-state index in [0.29, 0.717) is 0 Å². The summed E-state index contributed by atoms with van der Waals surface area (Å²) < 4.78 is -2.36. The Morgan fingerprint density at radius 3 is 1.13 bits per heavy atom. The van der Waals surface area contributed by atoms with Crippen molar-refractivity contribution >= 4 is 98.5 Å². The van der Waals surface area contributed by atoms with Gasteiger partial charge in [0.15, 0.2) is 4.30 Å². The maximum absolute atomic E-state index is 10.0. The molecule has 0 bridgehead atoms. The van der Waals surface area contributed by atoms with Crippen LogP contribution in [0.5, 0.6) is 0 Å². The van der Waals surface area contributed by atoms with E-state index in [1.807, 2.05) is 30.3 Å². The first-order chi connectivity index (χ1) is 14.4. The van der Waals surface area contributed by atoms with Gasteiger partial charge in [0.2, 0.25) is 0 Å². The molecular formula is C20H23Cl8NO2. The van der Waals surface area contributed by atoms with Crippen molar-refractivity contribution in [2.24, 2.45) is 0 Å². The molecule has 3 rings (SSSR count). The predicted octanol–water partition coefficient (Wildman–Crippen LogP) is 10.8. The van der Waals surface area contributed by atoms with Gasteiger partial charge in [0.05, 0.1) is 4.92 Å². The van der Waals surface area contributed by atoms with Crippen LogP contribution in [0, 0.1) is 10.1 Å². The zero-order chi connectivity index (χ0) is 24.1. The summed E-state index contributed by atoms with van der Waals surface area (Å²) >= 11 is 39.3. The highest BCUT2D eigenvalue weighted by Gasteiger charge is 2.11. The highest BCUT2D eigenvalue weighted by atomic mass is 35.6. The molecule has 1 fully saturated rings. The van der Waals surface area contributed by atoms with E-state index in [1.54, 1.807) is 18.2 Å². The molecule has 2 aromatic carbocycles. The molecule has 0 amide bonds. The van der Waals surface area contributed by atoms with Crippen LogP contribution < -0.4 is 0 Å². The molecule has 2 aromatic rings. The molecule has 176 valence electrons. The molecule has 0 N–H and O–H groups in total. The minimum atomic E-state index is -1.61. The van der Waals surface area contributed by atoms with E-state index in [9.17, 15) is 10.1 Å². The summed E-state index contributed by atoms with van der Waals surface area (Å²) in [6.45, 7) is 0. The third-order valence-corrected chi connectivity index (χ3v) is 3.45. The number of halogens is 8. The topological polar surface area (TPSA) is 43.1 Å². The van der Waals surface area contributed by atoms with Crippen molar-refractivity contribution in [3.8, 4) is 0 Å². The number of rotatable bonds is 1. The standard InChI is InChI=1S/C6H5Cl.C6H5NO2.C6H12.CCl4.CHCl3/c7-6-4-2-1-3-5-6;8-7(9)6-4-2-1-3-5-6;1-2-4-6-5-3-1;2-1(3,4)5;2-1(3)4/h1-5H;1-5H;1-6H2;;1H. The van der Waals surface area contributed by atoms with Gasteiger partial charge in [-0.05, 0) is 12.1 Å². The van der Waals surface area contributed by atoms with Crippen LogP contribution in [-0.4, -0.2) is 12.5 Å². The zero-order valence-electron chi connectivity index (χ0n) is 16.4. The molecule has 0 radical (unpaired) electrons. The fourth-order valence-electron chi connectivity index (χ4n) is 2.03. The van der Waals surface area contributed by atoms with E-state index >= 15 is 0 Å². The van der Waals surface area contributed by atoms with Crippen LogP contribution in [0.3, 0.4) is 0 Å². The Hall–Kier alpha value is 0.160. The Labute approximate surface area is 224 Å². The first-order valence-corrected chi connectivity index (χ1v) is 12.2. The highest BCUT2D eigenvalue weighted by Crippen LogP contribution is 2.29. The summed E-state index contributed by atoms with van der Waals surface area (Å²) in [6, 6.07) is 17.4. The molecule has 31 heavy (non-hydrogen) atoms. The Balaban J connectivity index is 0. The molecule has 11 heteroatoms. The molecule has 0 atom stereocenters. The van der Waals surface area contributed by atoms with Crippen molar-refractivity contribution in [1.82, 2.24) is 0 Å². The number of para-hydroxylation sites is 1. The third-order valence-electron chi connectivity index (χ3n) is 3.20. The molecule has 1 aliphatic rings. The van der Waals surface area contributed by atoms with Gasteiger partial charge >= 0.3 is 0 Å². The van der Waals surface area contributed by atoms with Crippen molar-refractivity contribution in [3.05, 3.63) is 75.8 Å². The molecule has 0 heterocycles. The van der Waals surface area contributed by atoms with Gasteiger partial charge in [-0.2, -0.15) is 0 Å². The van der Waals surface area contributed by atoms with Crippen LogP contribution in [-0.2, 0) is 0 Å². The highest BCUT2D eigenvalue weighted by molar-refractivity contribution is 6.83. The maximum atomic E-state index is 10.0. The Morgan fingerprint density at radius 1 is 0.710 bits per heavy atom. The predicted molar refractivity (Wildman–Crippen MR) is 140 cm³/mol. The Bertz CT molecular complexity index is 631. The summed E-state index contributed by atoms with van der Waals surface area (Å²) in [5.41, 5.74) is 0.137.